The summed E-state index contributed by atoms with van der Waals surface area (Å²) in [5, 5.41) is 0. The van der Waals surface area contributed by atoms with Crippen molar-refractivity contribution in [1.29, 1.82) is 0 Å². The number of hydrogen-bond donors (Lipinski definition) is 0. The molecule has 2 aliphatic heterocycles. The van der Waals surface area contributed by atoms with Crippen LogP contribution in [0.2, 0.25) is 0 Å². The maximum Gasteiger partial charge on any atom is 0.0538 e. The van der Waals surface area contributed by atoms with E-state index in [0.29, 0.717) is 0 Å². The van der Waals surface area contributed by atoms with Gasteiger partial charge in [-0.2, -0.15) is 0 Å². The maximum atomic E-state index is 2.61. The fourth-order valence-electron chi connectivity index (χ4n) is 7.29. The minimum atomic E-state index is 1.01. The SMILES string of the molecule is c1ccc2c(c1)Cc1ccc3c(c1-2)-c1ccc2c(c1C3)N1c3ccccc3Cc3cccc(c31)C2. The van der Waals surface area contributed by atoms with Crippen LogP contribution in [0.5, 0.6) is 0 Å². The molecule has 35 heavy (non-hydrogen) atoms. The summed E-state index contributed by atoms with van der Waals surface area (Å²) in [7, 11) is 0. The lowest BCUT2D eigenvalue weighted by molar-refractivity contribution is 1.00. The second-order valence-electron chi connectivity index (χ2n) is 10.5. The molecule has 0 saturated heterocycles. The Hall–Kier alpha value is -4.10. The molecule has 0 bridgehead atoms. The molecule has 1 heteroatoms. The third kappa shape index (κ3) is 2.24. The molecule has 0 radical (unpaired) electrons. The van der Waals surface area contributed by atoms with Crippen molar-refractivity contribution in [3.05, 3.63) is 136 Å². The lowest BCUT2D eigenvalue weighted by Gasteiger charge is -2.40. The predicted octanol–water partition coefficient (Wildman–Crippen LogP) is 8.11. The topological polar surface area (TPSA) is 3.24 Å². The summed E-state index contributed by atoms with van der Waals surface area (Å²) in [4.78, 5) is 2.61. The summed E-state index contributed by atoms with van der Waals surface area (Å²) in [5.41, 5.74) is 21.8. The first kappa shape index (κ1) is 18.3. The van der Waals surface area contributed by atoms with Gasteiger partial charge in [0.15, 0.2) is 0 Å². The zero-order valence-electron chi connectivity index (χ0n) is 19.4. The Morgan fingerprint density at radius 1 is 0.400 bits per heavy atom. The molecule has 2 aliphatic carbocycles. The van der Waals surface area contributed by atoms with Crippen LogP contribution in [0, 0.1) is 0 Å². The number of benzene rings is 5. The van der Waals surface area contributed by atoms with Gasteiger partial charge in [0.05, 0.1) is 11.4 Å². The molecule has 164 valence electrons. The van der Waals surface area contributed by atoms with E-state index in [1.54, 1.807) is 0 Å². The van der Waals surface area contributed by atoms with Gasteiger partial charge in [-0.05, 0) is 79.2 Å². The third-order valence-electron chi connectivity index (χ3n) is 8.69. The minimum Gasteiger partial charge on any atom is -0.309 e. The lowest BCUT2D eigenvalue weighted by atomic mass is 9.84. The Kier molecular flexibility index (Phi) is 3.29. The van der Waals surface area contributed by atoms with Crippen molar-refractivity contribution in [3.8, 4) is 22.3 Å². The van der Waals surface area contributed by atoms with Gasteiger partial charge in [-0.3, -0.25) is 0 Å². The van der Waals surface area contributed by atoms with Crippen molar-refractivity contribution in [2.75, 3.05) is 4.90 Å². The monoisotopic (exact) mass is 445 g/mol. The zero-order valence-corrected chi connectivity index (χ0v) is 19.4. The summed E-state index contributed by atoms with van der Waals surface area (Å²) in [5.74, 6) is 0. The lowest BCUT2D eigenvalue weighted by Crippen LogP contribution is -2.25. The second-order valence-corrected chi connectivity index (χ2v) is 10.5. The van der Waals surface area contributed by atoms with Gasteiger partial charge < -0.3 is 4.90 Å². The third-order valence-corrected chi connectivity index (χ3v) is 8.69. The Bertz CT molecular complexity index is 1740. The second kappa shape index (κ2) is 6.31. The summed E-state index contributed by atoms with van der Waals surface area (Å²) >= 11 is 0. The number of anilines is 3. The molecule has 0 atom stereocenters. The van der Waals surface area contributed by atoms with Crippen LogP contribution in [0.1, 0.15) is 44.5 Å². The molecule has 0 spiro atoms. The van der Waals surface area contributed by atoms with Gasteiger partial charge in [-0.15, -0.1) is 0 Å². The first-order chi connectivity index (χ1) is 17.3. The van der Waals surface area contributed by atoms with E-state index in [2.05, 4.69) is 95.9 Å². The average Bonchev–Trinajstić information content (AvgIpc) is 3.46. The minimum absolute atomic E-state index is 1.01. The van der Waals surface area contributed by atoms with Gasteiger partial charge in [0.25, 0.3) is 0 Å². The van der Waals surface area contributed by atoms with Crippen molar-refractivity contribution in [3.63, 3.8) is 0 Å². The largest absolute Gasteiger partial charge is 0.309 e. The van der Waals surface area contributed by atoms with E-state index in [1.807, 2.05) is 0 Å². The molecule has 0 amide bonds. The summed E-state index contributed by atoms with van der Waals surface area (Å²) in [6.07, 6.45) is 4.10. The van der Waals surface area contributed by atoms with Crippen LogP contribution in [0.25, 0.3) is 22.3 Å². The Morgan fingerprint density at radius 3 is 1.89 bits per heavy atom. The quantitative estimate of drug-likeness (QED) is 0.228. The number of hydrogen-bond acceptors (Lipinski definition) is 1. The van der Waals surface area contributed by atoms with Crippen LogP contribution < -0.4 is 4.90 Å². The van der Waals surface area contributed by atoms with Crippen LogP contribution in [0.4, 0.5) is 17.1 Å². The molecule has 1 nitrogen and oxygen atoms in total. The van der Waals surface area contributed by atoms with Crippen molar-refractivity contribution in [2.45, 2.75) is 25.7 Å². The molecule has 5 aromatic rings. The number of rotatable bonds is 0. The zero-order chi connectivity index (χ0) is 22.7. The molecule has 9 rings (SSSR count). The highest BCUT2D eigenvalue weighted by molar-refractivity contribution is 6.00. The van der Waals surface area contributed by atoms with Crippen LogP contribution in [-0.4, -0.2) is 0 Å². The van der Waals surface area contributed by atoms with Gasteiger partial charge in [0.2, 0.25) is 0 Å². The fourth-order valence-corrected chi connectivity index (χ4v) is 7.29. The summed E-state index contributed by atoms with van der Waals surface area (Å²) in [6.45, 7) is 0. The molecule has 4 aliphatic rings. The van der Waals surface area contributed by atoms with E-state index in [9.17, 15) is 0 Å². The van der Waals surface area contributed by atoms with E-state index in [4.69, 9.17) is 0 Å². The molecule has 0 unspecified atom stereocenters. The van der Waals surface area contributed by atoms with Crippen molar-refractivity contribution in [2.24, 2.45) is 0 Å². The van der Waals surface area contributed by atoms with Crippen LogP contribution >= 0.6 is 0 Å². The maximum absolute atomic E-state index is 2.61. The smallest absolute Gasteiger partial charge is 0.0538 e. The average molecular weight is 446 g/mol. The molecular formula is C34H23N. The molecule has 0 fully saturated rings. The molecule has 0 saturated carbocycles. The predicted molar refractivity (Wildman–Crippen MR) is 143 cm³/mol. The van der Waals surface area contributed by atoms with Crippen LogP contribution in [0.3, 0.4) is 0 Å². The van der Waals surface area contributed by atoms with Crippen molar-refractivity contribution in [1.82, 2.24) is 0 Å². The van der Waals surface area contributed by atoms with E-state index in [1.165, 1.54) is 83.8 Å². The van der Waals surface area contributed by atoms with Gasteiger partial charge in [-0.25, -0.2) is 0 Å². The summed E-state index contributed by atoms with van der Waals surface area (Å²) < 4.78 is 0. The van der Waals surface area contributed by atoms with E-state index < -0.39 is 0 Å². The van der Waals surface area contributed by atoms with Crippen LogP contribution in [0.15, 0.2) is 91.0 Å². The van der Waals surface area contributed by atoms with Crippen LogP contribution in [-0.2, 0) is 25.7 Å². The van der Waals surface area contributed by atoms with E-state index >= 15 is 0 Å². The standard InChI is InChI=1S/C34H23N/c1-3-10-27-20(6-1)16-22-12-13-23-19-29-28(32(23)31(22)27)15-14-26-18-25-9-5-8-24-17-21-7-2-4-11-30(21)35(33(24)25)34(26)29/h1-15H,16-19H2. The number of fused-ring (bicyclic) bond motifs is 12. The number of nitrogens with zero attached hydrogens (tertiary/aromatic N) is 1. The molecule has 5 aromatic carbocycles. The number of para-hydroxylation sites is 2. The summed E-state index contributed by atoms with van der Waals surface area (Å²) in [6, 6.07) is 34.5. The van der Waals surface area contributed by atoms with Gasteiger partial charge >= 0.3 is 0 Å². The van der Waals surface area contributed by atoms with E-state index in [0.717, 1.165) is 25.7 Å². The molecule has 0 N–H and O–H groups in total. The highest BCUT2D eigenvalue weighted by Gasteiger charge is 2.37. The van der Waals surface area contributed by atoms with Crippen molar-refractivity contribution >= 4 is 17.1 Å². The first-order valence-corrected chi connectivity index (χ1v) is 12.7. The van der Waals surface area contributed by atoms with E-state index in [-0.39, 0.29) is 0 Å². The highest BCUT2D eigenvalue weighted by Crippen LogP contribution is 2.56. The Labute approximate surface area is 205 Å². The van der Waals surface area contributed by atoms with Gasteiger partial charge in [0, 0.05) is 24.9 Å². The Balaban J connectivity index is 1.34. The van der Waals surface area contributed by atoms with Gasteiger partial charge in [0.1, 0.15) is 0 Å². The molecule has 2 heterocycles. The van der Waals surface area contributed by atoms with Crippen molar-refractivity contribution < 1.29 is 0 Å². The molecular weight excluding hydrogens is 422 g/mol. The highest BCUT2D eigenvalue weighted by atomic mass is 15.2. The normalized spacial score (nSPS) is 14.9. The molecule has 0 aromatic heterocycles. The fraction of sp³-hybridized carbons (Fsp3) is 0.118. The Morgan fingerprint density at radius 2 is 1.00 bits per heavy atom. The van der Waals surface area contributed by atoms with Gasteiger partial charge in [-0.1, -0.05) is 84.9 Å². The first-order valence-electron chi connectivity index (χ1n) is 12.7.